The van der Waals surface area contributed by atoms with Gasteiger partial charge in [-0.05, 0) is 37.7 Å². The molecule has 0 radical (unpaired) electrons. The van der Waals surface area contributed by atoms with Crippen LogP contribution in [-0.4, -0.2) is 48.5 Å². The molecule has 1 saturated heterocycles. The van der Waals surface area contributed by atoms with E-state index in [1.54, 1.807) is 0 Å². The van der Waals surface area contributed by atoms with E-state index in [-0.39, 0.29) is 0 Å². The monoisotopic (exact) mass is 396 g/mol. The number of nitrogens with zero attached hydrogens (tertiary/aromatic N) is 4. The average Bonchev–Trinajstić information content (AvgIpc) is 3.48. The lowest BCUT2D eigenvalue weighted by molar-refractivity contribution is 0.296. The third-order valence-electron chi connectivity index (χ3n) is 5.63. The number of rotatable bonds is 7. The molecule has 1 saturated carbocycles. The molecule has 1 unspecified atom stereocenters. The highest BCUT2D eigenvalue weighted by molar-refractivity contribution is 5.80. The summed E-state index contributed by atoms with van der Waals surface area (Å²) >= 11 is 0. The van der Waals surface area contributed by atoms with E-state index < -0.39 is 0 Å². The highest BCUT2D eigenvalue weighted by Crippen LogP contribution is 2.30. The maximum absolute atomic E-state index is 6.03. The van der Waals surface area contributed by atoms with Crippen LogP contribution in [0.15, 0.2) is 41.7 Å². The normalized spacial score (nSPS) is 19.9. The Bertz CT molecular complexity index is 828. The van der Waals surface area contributed by atoms with E-state index in [0.29, 0.717) is 12.6 Å². The average molecular weight is 397 g/mol. The van der Waals surface area contributed by atoms with Crippen LogP contribution in [0.2, 0.25) is 0 Å². The Balaban J connectivity index is 1.30. The third-order valence-corrected chi connectivity index (χ3v) is 5.63. The SMILES string of the molecule is CN=C(NCc1ccccc1OCC1CC1)NC1CCCN(c2cnn(C)c2)C1. The Morgan fingerprint density at radius 3 is 2.90 bits per heavy atom. The summed E-state index contributed by atoms with van der Waals surface area (Å²) in [4.78, 5) is 6.82. The van der Waals surface area contributed by atoms with Crippen molar-refractivity contribution in [1.82, 2.24) is 20.4 Å². The largest absolute Gasteiger partial charge is 0.493 e. The number of aromatic nitrogens is 2. The topological polar surface area (TPSA) is 66.7 Å². The van der Waals surface area contributed by atoms with Crippen LogP contribution in [0, 0.1) is 5.92 Å². The Kier molecular flexibility index (Phi) is 6.22. The molecule has 2 heterocycles. The van der Waals surface area contributed by atoms with Crippen LogP contribution in [0.4, 0.5) is 5.69 Å². The Morgan fingerprint density at radius 2 is 2.14 bits per heavy atom. The predicted octanol–water partition coefficient (Wildman–Crippen LogP) is 2.54. The zero-order valence-electron chi connectivity index (χ0n) is 17.5. The summed E-state index contributed by atoms with van der Waals surface area (Å²) in [6.07, 6.45) is 8.91. The van der Waals surface area contributed by atoms with Gasteiger partial charge in [0.25, 0.3) is 0 Å². The molecule has 1 aliphatic carbocycles. The predicted molar refractivity (Wildman–Crippen MR) is 116 cm³/mol. The van der Waals surface area contributed by atoms with Crippen LogP contribution in [0.3, 0.4) is 0 Å². The molecule has 156 valence electrons. The van der Waals surface area contributed by atoms with E-state index in [2.05, 4.69) is 50.0 Å². The number of hydrogen-bond donors (Lipinski definition) is 2. The van der Waals surface area contributed by atoms with Gasteiger partial charge in [0.15, 0.2) is 5.96 Å². The van der Waals surface area contributed by atoms with Gasteiger partial charge in [0.05, 0.1) is 18.5 Å². The van der Waals surface area contributed by atoms with Crippen LogP contribution in [0.5, 0.6) is 5.75 Å². The fraction of sp³-hybridized carbons (Fsp3) is 0.545. The Hall–Kier alpha value is -2.70. The number of para-hydroxylation sites is 1. The molecule has 1 aromatic heterocycles. The second kappa shape index (κ2) is 9.20. The molecule has 7 nitrogen and oxygen atoms in total. The lowest BCUT2D eigenvalue weighted by Crippen LogP contribution is -2.51. The Labute approximate surface area is 173 Å². The minimum Gasteiger partial charge on any atom is -0.493 e. The quantitative estimate of drug-likeness (QED) is 0.556. The highest BCUT2D eigenvalue weighted by Gasteiger charge is 2.23. The van der Waals surface area contributed by atoms with E-state index in [1.807, 2.05) is 31.0 Å². The van der Waals surface area contributed by atoms with Crippen molar-refractivity contribution in [2.45, 2.75) is 38.3 Å². The number of benzene rings is 1. The van der Waals surface area contributed by atoms with Crippen LogP contribution >= 0.6 is 0 Å². The summed E-state index contributed by atoms with van der Waals surface area (Å²) < 4.78 is 7.88. The number of ether oxygens (including phenoxy) is 1. The van der Waals surface area contributed by atoms with Gasteiger partial charge in [-0.1, -0.05) is 18.2 Å². The summed E-state index contributed by atoms with van der Waals surface area (Å²) in [5.41, 5.74) is 2.35. The van der Waals surface area contributed by atoms with Crippen molar-refractivity contribution in [3.05, 3.63) is 42.2 Å². The van der Waals surface area contributed by atoms with Crippen molar-refractivity contribution < 1.29 is 4.74 Å². The molecule has 2 fully saturated rings. The first kappa shape index (κ1) is 19.6. The first-order valence-electron chi connectivity index (χ1n) is 10.6. The summed E-state index contributed by atoms with van der Waals surface area (Å²) in [7, 11) is 3.79. The van der Waals surface area contributed by atoms with Gasteiger partial charge in [-0.25, -0.2) is 0 Å². The number of hydrogen-bond acceptors (Lipinski definition) is 4. The molecular weight excluding hydrogens is 364 g/mol. The van der Waals surface area contributed by atoms with Gasteiger partial charge in [-0.2, -0.15) is 5.10 Å². The summed E-state index contributed by atoms with van der Waals surface area (Å²) in [5, 5.41) is 11.4. The van der Waals surface area contributed by atoms with Crippen molar-refractivity contribution in [1.29, 1.82) is 0 Å². The van der Waals surface area contributed by atoms with Crippen molar-refractivity contribution in [3.8, 4) is 5.75 Å². The maximum atomic E-state index is 6.03. The van der Waals surface area contributed by atoms with E-state index in [1.165, 1.54) is 18.5 Å². The van der Waals surface area contributed by atoms with Crippen molar-refractivity contribution in [3.63, 3.8) is 0 Å². The number of guanidine groups is 1. The molecule has 2 N–H and O–H groups in total. The molecule has 0 amide bonds. The number of aryl methyl sites for hydroxylation is 1. The maximum Gasteiger partial charge on any atom is 0.191 e. The summed E-state index contributed by atoms with van der Waals surface area (Å²) in [5.74, 6) is 2.56. The van der Waals surface area contributed by atoms with Gasteiger partial charge >= 0.3 is 0 Å². The zero-order chi connectivity index (χ0) is 20.1. The molecule has 1 aromatic carbocycles. The minimum absolute atomic E-state index is 0.358. The highest BCUT2D eigenvalue weighted by atomic mass is 16.5. The summed E-state index contributed by atoms with van der Waals surface area (Å²) in [6, 6.07) is 8.63. The fourth-order valence-corrected chi connectivity index (χ4v) is 3.75. The van der Waals surface area contributed by atoms with Crippen molar-refractivity contribution in [2.24, 2.45) is 18.0 Å². The minimum atomic E-state index is 0.358. The first-order chi connectivity index (χ1) is 14.2. The van der Waals surface area contributed by atoms with Gasteiger partial charge in [-0.15, -0.1) is 0 Å². The molecule has 29 heavy (non-hydrogen) atoms. The molecule has 4 rings (SSSR count). The van der Waals surface area contributed by atoms with E-state index >= 15 is 0 Å². The molecule has 1 aliphatic heterocycles. The van der Waals surface area contributed by atoms with E-state index in [9.17, 15) is 0 Å². The molecule has 0 spiro atoms. The second-order valence-electron chi connectivity index (χ2n) is 8.09. The molecule has 7 heteroatoms. The molecule has 0 bridgehead atoms. The standard InChI is InChI=1S/C22H32N6O/c1-23-22(24-12-18-6-3-4-8-21(18)29-16-17-9-10-17)26-19-7-5-11-28(14-19)20-13-25-27(2)15-20/h3-4,6,8,13,15,17,19H,5,7,9-12,14,16H2,1-2H3,(H2,23,24,26). The van der Waals surface area contributed by atoms with E-state index in [4.69, 9.17) is 4.74 Å². The van der Waals surface area contributed by atoms with Crippen molar-refractivity contribution in [2.75, 3.05) is 31.6 Å². The molecule has 2 aliphatic rings. The summed E-state index contributed by atoms with van der Waals surface area (Å²) in [6.45, 7) is 3.55. The number of nitrogens with one attached hydrogen (secondary N) is 2. The van der Waals surface area contributed by atoms with Crippen LogP contribution in [-0.2, 0) is 13.6 Å². The number of aliphatic imine (C=N–C) groups is 1. The third kappa shape index (κ3) is 5.43. The zero-order valence-corrected chi connectivity index (χ0v) is 17.5. The van der Waals surface area contributed by atoms with Gasteiger partial charge in [0.1, 0.15) is 5.75 Å². The van der Waals surface area contributed by atoms with Gasteiger partial charge < -0.3 is 20.3 Å². The smallest absolute Gasteiger partial charge is 0.191 e. The van der Waals surface area contributed by atoms with Crippen molar-refractivity contribution >= 4 is 11.6 Å². The molecule has 1 atom stereocenters. The fourth-order valence-electron chi connectivity index (χ4n) is 3.75. The lowest BCUT2D eigenvalue weighted by Gasteiger charge is -2.34. The second-order valence-corrected chi connectivity index (χ2v) is 8.09. The van der Waals surface area contributed by atoms with E-state index in [0.717, 1.165) is 55.7 Å². The number of anilines is 1. The molecular formula is C22H32N6O. The van der Waals surface area contributed by atoms with Crippen LogP contribution in [0.25, 0.3) is 0 Å². The number of piperidine rings is 1. The van der Waals surface area contributed by atoms with Gasteiger partial charge in [-0.3, -0.25) is 9.67 Å². The lowest BCUT2D eigenvalue weighted by atomic mass is 10.1. The van der Waals surface area contributed by atoms with Crippen LogP contribution < -0.4 is 20.3 Å². The van der Waals surface area contributed by atoms with Gasteiger partial charge in [0.2, 0.25) is 0 Å². The molecule has 2 aromatic rings. The van der Waals surface area contributed by atoms with Gasteiger partial charge in [0, 0.05) is 51.5 Å². The first-order valence-corrected chi connectivity index (χ1v) is 10.6. The Morgan fingerprint density at radius 1 is 1.28 bits per heavy atom. The van der Waals surface area contributed by atoms with Crippen LogP contribution in [0.1, 0.15) is 31.2 Å².